The van der Waals surface area contributed by atoms with E-state index in [4.69, 9.17) is 4.74 Å². The van der Waals surface area contributed by atoms with E-state index in [-0.39, 0.29) is 15.8 Å². The van der Waals surface area contributed by atoms with Crippen molar-refractivity contribution in [1.29, 1.82) is 0 Å². The highest BCUT2D eigenvalue weighted by atomic mass is 79.9. The number of ether oxygens (including phenoxy) is 1. The Bertz CT molecular complexity index is 790. The third-order valence-electron chi connectivity index (χ3n) is 3.06. The first kappa shape index (κ1) is 17.8. The van der Waals surface area contributed by atoms with Gasteiger partial charge in [-0.05, 0) is 65.3 Å². The molecular weight excluding hydrogens is 381 g/mol. The van der Waals surface area contributed by atoms with Gasteiger partial charge in [0.25, 0.3) is 5.91 Å². The minimum absolute atomic E-state index is 0.0771. The lowest BCUT2D eigenvalue weighted by molar-refractivity contribution is -0.119. The monoisotopic (exact) mass is 393 g/mol. The Morgan fingerprint density at radius 1 is 1.12 bits per heavy atom. The summed E-state index contributed by atoms with van der Waals surface area (Å²) in [6, 6.07) is 9.84. The van der Waals surface area contributed by atoms with Crippen LogP contribution in [0.25, 0.3) is 0 Å². The smallest absolute Gasteiger partial charge is 0.339 e. The van der Waals surface area contributed by atoms with Gasteiger partial charge in [0.2, 0.25) is 0 Å². The van der Waals surface area contributed by atoms with E-state index in [1.54, 1.807) is 24.3 Å². The van der Waals surface area contributed by atoms with Gasteiger partial charge < -0.3 is 10.1 Å². The van der Waals surface area contributed by atoms with Crippen molar-refractivity contribution in [2.45, 2.75) is 6.92 Å². The Kier molecular flexibility index (Phi) is 5.81. The zero-order valence-corrected chi connectivity index (χ0v) is 14.2. The molecule has 2 aromatic carbocycles. The molecule has 0 aliphatic rings. The minimum atomic E-state index is -0.746. The van der Waals surface area contributed by atoms with Crippen LogP contribution < -0.4 is 5.32 Å². The number of nitrogens with one attached hydrogen (secondary N) is 1. The van der Waals surface area contributed by atoms with Gasteiger partial charge in [-0.2, -0.15) is 0 Å². The summed E-state index contributed by atoms with van der Waals surface area (Å²) in [5.74, 6) is -1.85. The SMILES string of the molecule is CC(=O)c1ccc(NC(=O)COC(=O)c2ccc(F)cc2Br)cc1. The molecule has 0 saturated carbocycles. The molecule has 24 heavy (non-hydrogen) atoms. The van der Waals surface area contributed by atoms with Crippen LogP contribution in [-0.2, 0) is 9.53 Å². The normalized spacial score (nSPS) is 10.1. The highest BCUT2D eigenvalue weighted by molar-refractivity contribution is 9.10. The topological polar surface area (TPSA) is 72.5 Å². The molecule has 0 fully saturated rings. The van der Waals surface area contributed by atoms with Gasteiger partial charge in [0.05, 0.1) is 5.56 Å². The fourth-order valence-electron chi connectivity index (χ4n) is 1.85. The van der Waals surface area contributed by atoms with E-state index in [1.807, 2.05) is 0 Å². The highest BCUT2D eigenvalue weighted by Gasteiger charge is 2.14. The lowest BCUT2D eigenvalue weighted by Crippen LogP contribution is -2.21. The van der Waals surface area contributed by atoms with Crippen molar-refractivity contribution in [3.8, 4) is 0 Å². The average Bonchev–Trinajstić information content (AvgIpc) is 2.53. The van der Waals surface area contributed by atoms with Crippen LogP contribution in [0.3, 0.4) is 0 Å². The number of Topliss-reactive ketones (excluding diaryl/α,β-unsaturated/α-hetero) is 1. The quantitative estimate of drug-likeness (QED) is 0.622. The van der Waals surface area contributed by atoms with Crippen LogP contribution in [0.5, 0.6) is 0 Å². The lowest BCUT2D eigenvalue weighted by atomic mass is 10.1. The molecule has 0 aliphatic heterocycles. The third kappa shape index (κ3) is 4.73. The number of amides is 1. The van der Waals surface area contributed by atoms with E-state index < -0.39 is 24.3 Å². The largest absolute Gasteiger partial charge is 0.452 e. The Morgan fingerprint density at radius 2 is 1.79 bits per heavy atom. The first-order valence-electron chi connectivity index (χ1n) is 6.90. The third-order valence-corrected chi connectivity index (χ3v) is 3.72. The second kappa shape index (κ2) is 7.83. The predicted molar refractivity (Wildman–Crippen MR) is 89.5 cm³/mol. The number of ketones is 1. The number of carbonyl (C=O) groups excluding carboxylic acids is 3. The molecule has 0 spiro atoms. The van der Waals surface area contributed by atoms with E-state index in [9.17, 15) is 18.8 Å². The number of anilines is 1. The number of hydrogen-bond donors (Lipinski definition) is 1. The standard InChI is InChI=1S/C17H13BrFNO4/c1-10(21)11-2-5-13(6-3-11)20-16(22)9-24-17(23)14-7-4-12(19)8-15(14)18/h2-8H,9H2,1H3,(H,20,22). The van der Waals surface area contributed by atoms with Crippen LogP contribution in [0, 0.1) is 5.82 Å². The van der Waals surface area contributed by atoms with Gasteiger partial charge >= 0.3 is 5.97 Å². The first-order valence-corrected chi connectivity index (χ1v) is 7.69. The molecule has 124 valence electrons. The van der Waals surface area contributed by atoms with Gasteiger partial charge in [0.15, 0.2) is 12.4 Å². The molecule has 1 N–H and O–H groups in total. The number of benzene rings is 2. The van der Waals surface area contributed by atoms with Gasteiger partial charge in [0, 0.05) is 15.7 Å². The molecule has 0 radical (unpaired) electrons. The highest BCUT2D eigenvalue weighted by Crippen LogP contribution is 2.19. The summed E-state index contributed by atoms with van der Waals surface area (Å²) >= 11 is 3.06. The zero-order valence-electron chi connectivity index (χ0n) is 12.6. The molecule has 0 unspecified atom stereocenters. The van der Waals surface area contributed by atoms with E-state index >= 15 is 0 Å². The van der Waals surface area contributed by atoms with E-state index in [0.29, 0.717) is 11.3 Å². The van der Waals surface area contributed by atoms with Gasteiger partial charge in [0.1, 0.15) is 5.82 Å². The first-order chi connectivity index (χ1) is 11.4. The average molecular weight is 394 g/mol. The molecule has 0 aromatic heterocycles. The maximum atomic E-state index is 13.0. The van der Waals surface area contributed by atoms with Crippen molar-refractivity contribution in [2.75, 3.05) is 11.9 Å². The summed E-state index contributed by atoms with van der Waals surface area (Å²) in [5, 5.41) is 2.54. The Morgan fingerprint density at radius 3 is 2.38 bits per heavy atom. The van der Waals surface area contributed by atoms with E-state index in [0.717, 1.165) is 12.1 Å². The molecule has 1 amide bonds. The summed E-state index contributed by atoms with van der Waals surface area (Å²) in [6.45, 7) is 0.956. The minimum Gasteiger partial charge on any atom is -0.452 e. The Hall–Kier alpha value is -2.54. The fraction of sp³-hybridized carbons (Fsp3) is 0.118. The van der Waals surface area contributed by atoms with Crippen molar-refractivity contribution in [3.05, 3.63) is 63.9 Å². The van der Waals surface area contributed by atoms with Crippen molar-refractivity contribution in [3.63, 3.8) is 0 Å². The molecule has 2 rings (SSSR count). The van der Waals surface area contributed by atoms with Crippen molar-refractivity contribution in [2.24, 2.45) is 0 Å². The predicted octanol–water partition coefficient (Wildman–Crippen LogP) is 3.59. The summed E-state index contributed by atoms with van der Waals surface area (Å²) in [6.07, 6.45) is 0. The number of hydrogen-bond acceptors (Lipinski definition) is 4. The molecule has 0 saturated heterocycles. The van der Waals surface area contributed by atoms with Crippen molar-refractivity contribution >= 4 is 39.3 Å². The molecule has 0 aliphatic carbocycles. The van der Waals surface area contributed by atoms with Crippen LogP contribution in [0.2, 0.25) is 0 Å². The molecule has 0 atom stereocenters. The van der Waals surface area contributed by atoms with Gasteiger partial charge in [-0.3, -0.25) is 9.59 Å². The number of carbonyl (C=O) groups is 3. The Labute approximate surface area is 145 Å². The summed E-state index contributed by atoms with van der Waals surface area (Å²) in [7, 11) is 0. The molecule has 5 nitrogen and oxygen atoms in total. The second-order valence-electron chi connectivity index (χ2n) is 4.88. The number of esters is 1. The van der Waals surface area contributed by atoms with E-state index in [1.165, 1.54) is 13.0 Å². The molecule has 7 heteroatoms. The maximum Gasteiger partial charge on any atom is 0.339 e. The van der Waals surface area contributed by atoms with Crippen molar-refractivity contribution < 1.29 is 23.5 Å². The zero-order chi connectivity index (χ0) is 17.7. The molecule has 2 aromatic rings. The lowest BCUT2D eigenvalue weighted by Gasteiger charge is -2.08. The second-order valence-corrected chi connectivity index (χ2v) is 5.74. The number of rotatable bonds is 5. The van der Waals surface area contributed by atoms with Gasteiger partial charge in [-0.1, -0.05) is 0 Å². The fourth-order valence-corrected chi connectivity index (χ4v) is 2.36. The van der Waals surface area contributed by atoms with Crippen LogP contribution in [0.4, 0.5) is 10.1 Å². The van der Waals surface area contributed by atoms with Crippen LogP contribution >= 0.6 is 15.9 Å². The summed E-state index contributed by atoms with van der Waals surface area (Å²) < 4.78 is 18.1. The maximum absolute atomic E-state index is 13.0. The van der Waals surface area contributed by atoms with Gasteiger partial charge in [-0.15, -0.1) is 0 Å². The Balaban J connectivity index is 1.90. The number of halogens is 2. The van der Waals surface area contributed by atoms with Crippen LogP contribution in [-0.4, -0.2) is 24.3 Å². The molecular formula is C17H13BrFNO4. The van der Waals surface area contributed by atoms with Crippen LogP contribution in [0.15, 0.2) is 46.9 Å². The summed E-state index contributed by atoms with van der Waals surface area (Å²) in [4.78, 5) is 34.8. The van der Waals surface area contributed by atoms with E-state index in [2.05, 4.69) is 21.2 Å². The van der Waals surface area contributed by atoms with Gasteiger partial charge in [-0.25, -0.2) is 9.18 Å². The van der Waals surface area contributed by atoms with Crippen LogP contribution in [0.1, 0.15) is 27.6 Å². The van der Waals surface area contributed by atoms with Crippen molar-refractivity contribution in [1.82, 2.24) is 0 Å². The molecule has 0 heterocycles. The molecule has 0 bridgehead atoms. The summed E-state index contributed by atoms with van der Waals surface area (Å²) in [5.41, 5.74) is 1.12.